The van der Waals surface area contributed by atoms with Crippen LogP contribution < -0.4 is 11.2 Å². The van der Waals surface area contributed by atoms with E-state index in [4.69, 9.17) is 18.9 Å². The van der Waals surface area contributed by atoms with Crippen LogP contribution in [0.2, 0.25) is 0 Å². The molecule has 0 saturated carbocycles. The van der Waals surface area contributed by atoms with Gasteiger partial charge in [-0.3, -0.25) is 28.7 Å². The van der Waals surface area contributed by atoms with E-state index in [9.17, 15) is 24.0 Å². The molecule has 0 aromatic carbocycles. The Labute approximate surface area is 153 Å². The van der Waals surface area contributed by atoms with Crippen LogP contribution in [0, 0.1) is 0 Å². The first-order valence-corrected chi connectivity index (χ1v) is 8.01. The summed E-state index contributed by atoms with van der Waals surface area (Å²) in [6.45, 7) is 4.58. The molecule has 2 heterocycles. The molecule has 148 valence electrons. The number of carbonyl (C=O) groups is 3. The lowest BCUT2D eigenvalue weighted by atomic mass is 9.95. The summed E-state index contributed by atoms with van der Waals surface area (Å²) < 4.78 is 22.3. The number of esters is 3. The molecule has 1 aromatic heterocycles. The topological polar surface area (TPSA) is 143 Å². The second-order valence-electron chi connectivity index (χ2n) is 6.15. The molecule has 11 nitrogen and oxygen atoms in total. The van der Waals surface area contributed by atoms with E-state index in [-0.39, 0.29) is 6.61 Å². The molecule has 11 heteroatoms. The molecule has 1 saturated heterocycles. The monoisotopic (exact) mass is 384 g/mol. The first-order valence-electron chi connectivity index (χ1n) is 8.01. The standard InChI is InChI=1S/C16H20N2O9/c1-8(19)24-7-11-13(25-9(2)20)16(4,27-10(3)21)14(26-11)18-6-5-12(22)17-15(18)23/h5-6,11,13-14H,7H2,1-4H3,(H,17,22,23)/t11-,13+,14-,16?/m1/s1. The number of hydrogen-bond donors (Lipinski definition) is 1. The summed E-state index contributed by atoms with van der Waals surface area (Å²) in [4.78, 5) is 60.0. The van der Waals surface area contributed by atoms with Gasteiger partial charge in [0.15, 0.2) is 17.9 Å². The lowest BCUT2D eigenvalue weighted by Gasteiger charge is -2.34. The van der Waals surface area contributed by atoms with Gasteiger partial charge in [0, 0.05) is 33.0 Å². The van der Waals surface area contributed by atoms with Gasteiger partial charge in [-0.1, -0.05) is 0 Å². The third kappa shape index (κ3) is 4.42. The molecule has 1 aromatic rings. The molecule has 4 atom stereocenters. The van der Waals surface area contributed by atoms with Crippen LogP contribution in [0.3, 0.4) is 0 Å². The van der Waals surface area contributed by atoms with E-state index in [0.29, 0.717) is 0 Å². The maximum Gasteiger partial charge on any atom is 0.330 e. The second kappa shape index (κ2) is 7.74. The van der Waals surface area contributed by atoms with Crippen molar-refractivity contribution in [2.45, 2.75) is 51.7 Å². The van der Waals surface area contributed by atoms with E-state index < -0.39 is 53.2 Å². The predicted octanol–water partition coefficient (Wildman–Crippen LogP) is -0.749. The Balaban J connectivity index is 2.53. The minimum Gasteiger partial charge on any atom is -0.463 e. The first kappa shape index (κ1) is 20.4. The highest BCUT2D eigenvalue weighted by molar-refractivity contribution is 5.68. The van der Waals surface area contributed by atoms with Crippen molar-refractivity contribution in [3.63, 3.8) is 0 Å². The van der Waals surface area contributed by atoms with Gasteiger partial charge in [-0.05, 0) is 6.92 Å². The molecule has 0 spiro atoms. The van der Waals surface area contributed by atoms with Crippen molar-refractivity contribution >= 4 is 17.9 Å². The fourth-order valence-electron chi connectivity index (χ4n) is 2.95. The lowest BCUT2D eigenvalue weighted by Crippen LogP contribution is -2.51. The number of nitrogens with zero attached hydrogens (tertiary/aromatic N) is 1. The average Bonchev–Trinajstić information content (AvgIpc) is 2.77. The maximum atomic E-state index is 12.2. The summed E-state index contributed by atoms with van der Waals surface area (Å²) in [5.41, 5.74) is -3.08. The minimum atomic E-state index is -1.63. The smallest absolute Gasteiger partial charge is 0.330 e. The number of H-pyrrole nitrogens is 1. The van der Waals surface area contributed by atoms with E-state index in [1.807, 2.05) is 0 Å². The number of ether oxygens (including phenoxy) is 4. The van der Waals surface area contributed by atoms with Crippen LogP contribution in [0.5, 0.6) is 0 Å². The molecule has 1 unspecified atom stereocenters. The summed E-state index contributed by atoms with van der Waals surface area (Å²) in [6.07, 6.45) is -2.30. The van der Waals surface area contributed by atoms with Crippen LogP contribution in [-0.2, 0) is 33.3 Å². The average molecular weight is 384 g/mol. The molecule has 1 aliphatic rings. The highest BCUT2D eigenvalue weighted by Gasteiger charge is 2.60. The number of aromatic nitrogens is 2. The molecule has 1 fully saturated rings. The molecular formula is C16H20N2O9. The quantitative estimate of drug-likeness (QED) is 0.512. The van der Waals surface area contributed by atoms with Gasteiger partial charge in [0.05, 0.1) is 0 Å². The van der Waals surface area contributed by atoms with E-state index in [0.717, 1.165) is 30.7 Å². The first-order chi connectivity index (χ1) is 12.5. The third-order valence-corrected chi connectivity index (χ3v) is 3.91. The SMILES string of the molecule is CC(=O)OC[C@H]1O[C@@H](n2ccc(=O)[nH]c2=O)C(C)(OC(C)=O)[C@H]1OC(C)=O. The van der Waals surface area contributed by atoms with E-state index >= 15 is 0 Å². The number of carbonyl (C=O) groups excluding carboxylic acids is 3. The van der Waals surface area contributed by atoms with Crippen molar-refractivity contribution in [3.8, 4) is 0 Å². The van der Waals surface area contributed by atoms with Crippen molar-refractivity contribution in [1.29, 1.82) is 0 Å². The zero-order valence-corrected chi connectivity index (χ0v) is 15.2. The largest absolute Gasteiger partial charge is 0.463 e. The molecule has 0 aliphatic carbocycles. The summed E-state index contributed by atoms with van der Waals surface area (Å²) in [6, 6.07) is 1.08. The summed E-state index contributed by atoms with van der Waals surface area (Å²) in [5.74, 6) is -2.00. The maximum absolute atomic E-state index is 12.2. The molecule has 0 bridgehead atoms. The Morgan fingerprint density at radius 1 is 1.19 bits per heavy atom. The number of nitrogens with one attached hydrogen (secondary N) is 1. The van der Waals surface area contributed by atoms with Gasteiger partial charge >= 0.3 is 23.6 Å². The Morgan fingerprint density at radius 2 is 1.85 bits per heavy atom. The molecule has 27 heavy (non-hydrogen) atoms. The molecule has 2 rings (SSSR count). The Morgan fingerprint density at radius 3 is 2.37 bits per heavy atom. The third-order valence-electron chi connectivity index (χ3n) is 3.91. The van der Waals surface area contributed by atoms with Crippen molar-refractivity contribution < 1.29 is 33.3 Å². The molecular weight excluding hydrogens is 364 g/mol. The van der Waals surface area contributed by atoms with Crippen molar-refractivity contribution in [2.24, 2.45) is 0 Å². The van der Waals surface area contributed by atoms with Gasteiger partial charge in [-0.25, -0.2) is 4.79 Å². The predicted molar refractivity (Wildman–Crippen MR) is 87.6 cm³/mol. The Kier molecular flexibility index (Phi) is 5.84. The zero-order valence-electron chi connectivity index (χ0n) is 15.2. The molecule has 1 N–H and O–H groups in total. The highest BCUT2D eigenvalue weighted by atomic mass is 16.7. The van der Waals surface area contributed by atoms with Gasteiger partial charge in [0.1, 0.15) is 12.7 Å². The van der Waals surface area contributed by atoms with Crippen LogP contribution in [-0.4, -0.2) is 51.9 Å². The molecule has 0 amide bonds. The number of hydrogen-bond acceptors (Lipinski definition) is 9. The zero-order chi connectivity index (χ0) is 20.4. The van der Waals surface area contributed by atoms with E-state index in [2.05, 4.69) is 4.98 Å². The van der Waals surface area contributed by atoms with Gasteiger partial charge in [-0.15, -0.1) is 0 Å². The number of rotatable bonds is 5. The summed E-state index contributed by atoms with van der Waals surface area (Å²) in [7, 11) is 0. The summed E-state index contributed by atoms with van der Waals surface area (Å²) >= 11 is 0. The molecule has 0 radical (unpaired) electrons. The number of aromatic amines is 1. The van der Waals surface area contributed by atoms with Crippen LogP contribution in [0.15, 0.2) is 21.9 Å². The van der Waals surface area contributed by atoms with Crippen molar-refractivity contribution in [3.05, 3.63) is 33.1 Å². The normalized spacial score (nSPS) is 27.0. The lowest BCUT2D eigenvalue weighted by molar-refractivity contribution is -0.185. The van der Waals surface area contributed by atoms with Gasteiger partial charge in [-0.2, -0.15) is 0 Å². The minimum absolute atomic E-state index is 0.307. The summed E-state index contributed by atoms with van der Waals surface area (Å²) in [5, 5.41) is 0. The Hall–Kier alpha value is -2.95. The van der Waals surface area contributed by atoms with Crippen molar-refractivity contribution in [2.75, 3.05) is 6.61 Å². The van der Waals surface area contributed by atoms with Crippen LogP contribution in [0.1, 0.15) is 33.9 Å². The fourth-order valence-corrected chi connectivity index (χ4v) is 2.95. The van der Waals surface area contributed by atoms with Crippen molar-refractivity contribution in [1.82, 2.24) is 9.55 Å². The van der Waals surface area contributed by atoms with E-state index in [1.165, 1.54) is 13.8 Å². The highest BCUT2D eigenvalue weighted by Crippen LogP contribution is 2.42. The van der Waals surface area contributed by atoms with E-state index in [1.54, 1.807) is 0 Å². The van der Waals surface area contributed by atoms with Crippen LogP contribution >= 0.6 is 0 Å². The van der Waals surface area contributed by atoms with Gasteiger partial charge < -0.3 is 18.9 Å². The van der Waals surface area contributed by atoms with Gasteiger partial charge in [0.2, 0.25) is 0 Å². The Bertz CT molecular complexity index is 858. The van der Waals surface area contributed by atoms with Crippen LogP contribution in [0.25, 0.3) is 0 Å². The fraction of sp³-hybridized carbons (Fsp3) is 0.562. The molecule has 1 aliphatic heterocycles. The second-order valence-corrected chi connectivity index (χ2v) is 6.15. The van der Waals surface area contributed by atoms with Crippen LogP contribution in [0.4, 0.5) is 0 Å². The van der Waals surface area contributed by atoms with Gasteiger partial charge in [0.25, 0.3) is 5.56 Å².